The smallest absolute Gasteiger partial charge is 0.0539 e. The van der Waals surface area contributed by atoms with Gasteiger partial charge in [-0.25, -0.2) is 0 Å². The molecule has 0 aliphatic rings. The van der Waals surface area contributed by atoms with Crippen LogP contribution in [0.15, 0.2) is 72.8 Å². The second-order valence-electron chi connectivity index (χ2n) is 6.46. The van der Waals surface area contributed by atoms with Gasteiger partial charge in [0.25, 0.3) is 0 Å². The van der Waals surface area contributed by atoms with E-state index < -0.39 is 0 Å². The van der Waals surface area contributed by atoms with Crippen molar-refractivity contribution >= 4 is 32.7 Å². The lowest BCUT2D eigenvalue weighted by Gasteiger charge is -2.08. The molecule has 0 unspecified atom stereocenters. The van der Waals surface area contributed by atoms with Crippen molar-refractivity contribution in [1.29, 1.82) is 0 Å². The minimum absolute atomic E-state index is 1.21. The van der Waals surface area contributed by atoms with Crippen molar-refractivity contribution in [3.05, 3.63) is 78.5 Å². The highest BCUT2D eigenvalue weighted by atomic mass is 15.0. The number of fused-ring (bicyclic) bond motifs is 4. The van der Waals surface area contributed by atoms with Crippen molar-refractivity contribution in [3.63, 3.8) is 0 Å². The molecule has 0 aliphatic carbocycles. The molecule has 2 aromatic heterocycles. The van der Waals surface area contributed by atoms with Gasteiger partial charge in [-0.05, 0) is 43.3 Å². The van der Waals surface area contributed by atoms with E-state index in [1.165, 1.54) is 44.1 Å². The Kier molecular flexibility index (Phi) is 2.66. The molecule has 0 aliphatic heterocycles. The first-order valence-corrected chi connectivity index (χ1v) is 8.29. The van der Waals surface area contributed by atoms with E-state index in [2.05, 4.69) is 95.9 Å². The van der Waals surface area contributed by atoms with E-state index >= 15 is 0 Å². The third-order valence-electron chi connectivity index (χ3n) is 5.03. The molecule has 2 heteroatoms. The Morgan fingerprint density at radius 2 is 1.42 bits per heavy atom. The minimum atomic E-state index is 1.21. The fourth-order valence-electron chi connectivity index (χ4n) is 3.92. The van der Waals surface area contributed by atoms with Gasteiger partial charge in [0.05, 0.1) is 5.52 Å². The van der Waals surface area contributed by atoms with Crippen molar-refractivity contribution in [1.82, 2.24) is 9.13 Å². The van der Waals surface area contributed by atoms with Crippen molar-refractivity contribution in [3.8, 4) is 5.69 Å². The zero-order valence-electron chi connectivity index (χ0n) is 13.8. The van der Waals surface area contributed by atoms with Crippen LogP contribution in [0.25, 0.3) is 38.4 Å². The number of para-hydroxylation sites is 2. The summed E-state index contributed by atoms with van der Waals surface area (Å²) in [6, 6.07) is 26.1. The first-order chi connectivity index (χ1) is 11.7. The molecule has 5 rings (SSSR count). The van der Waals surface area contributed by atoms with E-state index in [1.807, 2.05) is 0 Å². The summed E-state index contributed by atoms with van der Waals surface area (Å²) in [4.78, 5) is 0. The highest BCUT2D eigenvalue weighted by Crippen LogP contribution is 2.33. The summed E-state index contributed by atoms with van der Waals surface area (Å²) in [5.74, 6) is 0. The molecule has 0 fully saturated rings. The summed E-state index contributed by atoms with van der Waals surface area (Å²) in [6.45, 7) is 2.18. The highest BCUT2D eigenvalue weighted by molar-refractivity contribution is 6.12. The van der Waals surface area contributed by atoms with Gasteiger partial charge in [0.1, 0.15) is 0 Å². The molecule has 24 heavy (non-hydrogen) atoms. The first-order valence-electron chi connectivity index (χ1n) is 8.29. The maximum Gasteiger partial charge on any atom is 0.0539 e. The molecule has 0 atom stereocenters. The predicted molar refractivity (Wildman–Crippen MR) is 102 cm³/mol. The number of rotatable bonds is 1. The SMILES string of the molecule is Cc1cc2cc3c(cc2n1-c1ccccc1)c1ccccc1n3C. The van der Waals surface area contributed by atoms with Crippen molar-refractivity contribution in [2.24, 2.45) is 7.05 Å². The van der Waals surface area contributed by atoms with Gasteiger partial charge >= 0.3 is 0 Å². The van der Waals surface area contributed by atoms with Gasteiger partial charge in [-0.15, -0.1) is 0 Å². The average molecular weight is 310 g/mol. The van der Waals surface area contributed by atoms with E-state index in [0.29, 0.717) is 0 Å². The molecular weight excluding hydrogens is 292 g/mol. The maximum absolute atomic E-state index is 2.34. The monoisotopic (exact) mass is 310 g/mol. The van der Waals surface area contributed by atoms with E-state index in [0.717, 1.165) is 0 Å². The lowest BCUT2D eigenvalue weighted by Crippen LogP contribution is -1.95. The van der Waals surface area contributed by atoms with Crippen molar-refractivity contribution < 1.29 is 0 Å². The van der Waals surface area contributed by atoms with Gasteiger partial charge in [-0.3, -0.25) is 0 Å². The van der Waals surface area contributed by atoms with Gasteiger partial charge in [0, 0.05) is 45.6 Å². The van der Waals surface area contributed by atoms with Crippen LogP contribution in [0.3, 0.4) is 0 Å². The Hall–Kier alpha value is -3.00. The molecule has 0 amide bonds. The molecule has 2 heterocycles. The molecule has 0 saturated heterocycles. The summed E-state index contributed by atoms with van der Waals surface area (Å²) in [6.07, 6.45) is 0. The first kappa shape index (κ1) is 13.4. The molecule has 5 aromatic rings. The van der Waals surface area contributed by atoms with Crippen molar-refractivity contribution in [2.75, 3.05) is 0 Å². The predicted octanol–water partition coefficient (Wildman–Crippen LogP) is 5.58. The fourth-order valence-corrected chi connectivity index (χ4v) is 3.92. The summed E-state index contributed by atoms with van der Waals surface area (Å²) in [7, 11) is 2.15. The van der Waals surface area contributed by atoms with Gasteiger partial charge < -0.3 is 9.13 Å². The quantitative estimate of drug-likeness (QED) is 0.382. The Morgan fingerprint density at radius 3 is 2.25 bits per heavy atom. The van der Waals surface area contributed by atoms with Crippen LogP contribution < -0.4 is 0 Å². The number of hydrogen-bond donors (Lipinski definition) is 0. The average Bonchev–Trinajstić information content (AvgIpc) is 3.08. The van der Waals surface area contributed by atoms with E-state index in [-0.39, 0.29) is 0 Å². The van der Waals surface area contributed by atoms with Crippen LogP contribution in [-0.2, 0) is 7.05 Å². The molecule has 0 bridgehead atoms. The lowest BCUT2D eigenvalue weighted by atomic mass is 10.1. The van der Waals surface area contributed by atoms with Crippen LogP contribution in [0.4, 0.5) is 0 Å². The van der Waals surface area contributed by atoms with Gasteiger partial charge in [-0.2, -0.15) is 0 Å². The Bertz CT molecular complexity index is 1210. The van der Waals surface area contributed by atoms with Crippen LogP contribution in [0, 0.1) is 6.92 Å². The number of hydrogen-bond acceptors (Lipinski definition) is 0. The maximum atomic E-state index is 2.34. The molecule has 0 spiro atoms. The second kappa shape index (κ2) is 4.75. The molecule has 3 aromatic carbocycles. The second-order valence-corrected chi connectivity index (χ2v) is 6.46. The van der Waals surface area contributed by atoms with Crippen LogP contribution in [0.2, 0.25) is 0 Å². The van der Waals surface area contributed by atoms with Crippen LogP contribution in [-0.4, -0.2) is 9.13 Å². The van der Waals surface area contributed by atoms with Gasteiger partial charge in [0.15, 0.2) is 0 Å². The van der Waals surface area contributed by atoms with Crippen LogP contribution >= 0.6 is 0 Å². The number of nitrogens with zero attached hydrogens (tertiary/aromatic N) is 2. The largest absolute Gasteiger partial charge is 0.344 e. The van der Waals surface area contributed by atoms with Crippen LogP contribution in [0.1, 0.15) is 5.69 Å². The summed E-state index contributed by atoms with van der Waals surface area (Å²) < 4.78 is 4.63. The van der Waals surface area contributed by atoms with Gasteiger partial charge in [-0.1, -0.05) is 36.4 Å². The van der Waals surface area contributed by atoms with E-state index in [9.17, 15) is 0 Å². The summed E-state index contributed by atoms with van der Waals surface area (Å²) in [5.41, 5.74) is 6.31. The topological polar surface area (TPSA) is 9.86 Å². The Labute approximate surface area is 140 Å². The van der Waals surface area contributed by atoms with Crippen LogP contribution in [0.5, 0.6) is 0 Å². The number of aryl methyl sites for hydroxylation is 2. The zero-order chi connectivity index (χ0) is 16.3. The standard InChI is InChI=1S/C22H18N2/c1-15-12-16-13-22-19(18-10-6-7-11-20(18)23(22)2)14-21(16)24(15)17-8-4-3-5-9-17/h3-14H,1-2H3. The Morgan fingerprint density at radius 1 is 0.667 bits per heavy atom. The molecular formula is C22H18N2. The summed E-state index contributed by atoms with van der Waals surface area (Å²) >= 11 is 0. The normalized spacial score (nSPS) is 11.8. The lowest BCUT2D eigenvalue weighted by molar-refractivity contribution is 1.01. The molecule has 0 saturated carbocycles. The summed E-state index contributed by atoms with van der Waals surface area (Å²) in [5, 5.41) is 3.92. The molecule has 0 N–H and O–H groups in total. The van der Waals surface area contributed by atoms with Crippen molar-refractivity contribution in [2.45, 2.75) is 6.92 Å². The van der Waals surface area contributed by atoms with Gasteiger partial charge in [0.2, 0.25) is 0 Å². The fraction of sp³-hybridized carbons (Fsp3) is 0.0909. The highest BCUT2D eigenvalue weighted by Gasteiger charge is 2.13. The third-order valence-corrected chi connectivity index (χ3v) is 5.03. The number of aromatic nitrogens is 2. The molecule has 2 nitrogen and oxygen atoms in total. The number of benzene rings is 3. The zero-order valence-corrected chi connectivity index (χ0v) is 13.8. The Balaban J connectivity index is 1.95. The molecule has 0 radical (unpaired) electrons. The minimum Gasteiger partial charge on any atom is -0.344 e. The molecule has 116 valence electrons. The van der Waals surface area contributed by atoms with E-state index in [1.54, 1.807) is 0 Å². The third kappa shape index (κ3) is 1.71. The van der Waals surface area contributed by atoms with E-state index in [4.69, 9.17) is 0 Å².